The summed E-state index contributed by atoms with van der Waals surface area (Å²) >= 11 is 0. The molecule has 0 amide bonds. The van der Waals surface area contributed by atoms with Crippen LogP contribution in [0, 0.1) is 0 Å². The third-order valence-corrected chi connectivity index (χ3v) is 4.08. The minimum absolute atomic E-state index is 0.628. The van der Waals surface area contributed by atoms with Crippen LogP contribution in [0.2, 0.25) is 0 Å². The van der Waals surface area contributed by atoms with Crippen LogP contribution < -0.4 is 5.32 Å². The first-order valence-electron chi connectivity index (χ1n) is 8.33. The number of nitrogens with one attached hydrogen (secondary N) is 1. The van der Waals surface area contributed by atoms with Gasteiger partial charge in [-0.15, -0.1) is 0 Å². The molecule has 0 aliphatic rings. The maximum Gasteiger partial charge on any atom is -0.00519 e. The lowest BCUT2D eigenvalue weighted by atomic mass is 9.89. The summed E-state index contributed by atoms with van der Waals surface area (Å²) in [6.07, 6.45) is 6.57. The Labute approximate surface area is 126 Å². The van der Waals surface area contributed by atoms with Gasteiger partial charge in [0.15, 0.2) is 0 Å². The van der Waals surface area contributed by atoms with Crippen molar-refractivity contribution >= 4 is 0 Å². The van der Waals surface area contributed by atoms with Crippen LogP contribution in [0.25, 0.3) is 0 Å². The molecule has 0 radical (unpaired) electrons. The van der Waals surface area contributed by atoms with E-state index in [2.05, 4.69) is 51.2 Å². The fourth-order valence-electron chi connectivity index (χ4n) is 2.71. The highest BCUT2D eigenvalue weighted by molar-refractivity contribution is 5.35. The molecule has 0 atom stereocenters. The van der Waals surface area contributed by atoms with Crippen LogP contribution >= 0.6 is 0 Å². The van der Waals surface area contributed by atoms with Crippen molar-refractivity contribution in [3.63, 3.8) is 0 Å². The zero-order chi connectivity index (χ0) is 15.0. The minimum atomic E-state index is 0.628. The van der Waals surface area contributed by atoms with Gasteiger partial charge in [-0.1, -0.05) is 58.7 Å². The van der Waals surface area contributed by atoms with Crippen LogP contribution in [-0.4, -0.2) is 13.6 Å². The number of rotatable bonds is 9. The van der Waals surface area contributed by atoms with Crippen LogP contribution in [0.5, 0.6) is 0 Å². The van der Waals surface area contributed by atoms with Crippen molar-refractivity contribution in [2.45, 2.75) is 71.6 Å². The van der Waals surface area contributed by atoms with E-state index in [9.17, 15) is 0 Å². The lowest BCUT2D eigenvalue weighted by Gasteiger charge is -2.16. The highest BCUT2D eigenvalue weighted by Crippen LogP contribution is 2.26. The quantitative estimate of drug-likeness (QED) is 0.606. The molecule has 1 heteroatoms. The van der Waals surface area contributed by atoms with E-state index < -0.39 is 0 Å². The number of aryl methyl sites for hydroxylation is 1. The van der Waals surface area contributed by atoms with Crippen LogP contribution in [-0.2, 0) is 6.42 Å². The van der Waals surface area contributed by atoms with E-state index in [1.54, 1.807) is 11.1 Å². The van der Waals surface area contributed by atoms with Gasteiger partial charge < -0.3 is 5.32 Å². The van der Waals surface area contributed by atoms with Crippen LogP contribution in [0.3, 0.4) is 0 Å². The molecule has 0 saturated heterocycles. The maximum absolute atomic E-state index is 3.22. The van der Waals surface area contributed by atoms with E-state index in [1.807, 2.05) is 7.05 Å². The highest BCUT2D eigenvalue weighted by atomic mass is 14.8. The van der Waals surface area contributed by atoms with Gasteiger partial charge >= 0.3 is 0 Å². The predicted molar refractivity (Wildman–Crippen MR) is 90.7 cm³/mol. The molecule has 1 aromatic rings. The molecule has 1 N–H and O–H groups in total. The Hall–Kier alpha value is -0.820. The molecule has 0 unspecified atom stereocenters. The Morgan fingerprint density at radius 1 is 0.900 bits per heavy atom. The maximum atomic E-state index is 3.22. The second-order valence-electron chi connectivity index (χ2n) is 6.54. The molecule has 1 nitrogen and oxygen atoms in total. The zero-order valence-corrected chi connectivity index (χ0v) is 14.1. The summed E-state index contributed by atoms with van der Waals surface area (Å²) in [5, 5.41) is 3.22. The summed E-state index contributed by atoms with van der Waals surface area (Å²) in [5.74, 6) is 1.26. The first-order chi connectivity index (χ1) is 9.56. The Balaban J connectivity index is 2.56. The van der Waals surface area contributed by atoms with Crippen molar-refractivity contribution < 1.29 is 0 Å². The largest absolute Gasteiger partial charge is 0.320 e. The topological polar surface area (TPSA) is 12.0 Å². The first kappa shape index (κ1) is 17.2. The molecule has 114 valence electrons. The van der Waals surface area contributed by atoms with Gasteiger partial charge in [-0.05, 0) is 61.4 Å². The molecular formula is C19H33N. The highest BCUT2D eigenvalue weighted by Gasteiger charge is 2.09. The summed E-state index contributed by atoms with van der Waals surface area (Å²) < 4.78 is 0. The van der Waals surface area contributed by atoms with Gasteiger partial charge in [-0.3, -0.25) is 0 Å². The summed E-state index contributed by atoms with van der Waals surface area (Å²) in [6.45, 7) is 10.3. The number of benzene rings is 1. The standard InChI is InChI=1S/C19H33N/c1-15(2)18-12-11-17(19(14-18)16(3)4)10-8-6-7-9-13-20-5/h11-12,14-16,20H,6-10,13H2,1-5H3. The van der Waals surface area contributed by atoms with Gasteiger partial charge in [0.05, 0.1) is 0 Å². The number of hydrogen-bond acceptors (Lipinski definition) is 1. The van der Waals surface area contributed by atoms with Gasteiger partial charge in [-0.2, -0.15) is 0 Å². The van der Waals surface area contributed by atoms with Gasteiger partial charge in [0.1, 0.15) is 0 Å². The molecule has 1 aromatic carbocycles. The molecule has 0 aliphatic heterocycles. The van der Waals surface area contributed by atoms with Crippen molar-refractivity contribution in [3.05, 3.63) is 34.9 Å². The molecule has 0 saturated carbocycles. The lowest BCUT2D eigenvalue weighted by molar-refractivity contribution is 0.614. The van der Waals surface area contributed by atoms with Gasteiger partial charge in [-0.25, -0.2) is 0 Å². The Kier molecular flexibility index (Phi) is 7.91. The van der Waals surface area contributed by atoms with Crippen molar-refractivity contribution in [1.29, 1.82) is 0 Å². The molecule has 0 spiro atoms. The molecule has 0 aliphatic carbocycles. The molecule has 0 heterocycles. The van der Waals surface area contributed by atoms with E-state index in [0.717, 1.165) is 6.54 Å². The average Bonchev–Trinajstić information content (AvgIpc) is 2.42. The normalized spacial score (nSPS) is 11.6. The van der Waals surface area contributed by atoms with E-state index in [-0.39, 0.29) is 0 Å². The van der Waals surface area contributed by atoms with Crippen molar-refractivity contribution in [2.75, 3.05) is 13.6 Å². The van der Waals surface area contributed by atoms with Crippen molar-refractivity contribution in [2.24, 2.45) is 0 Å². The van der Waals surface area contributed by atoms with Crippen molar-refractivity contribution in [1.82, 2.24) is 5.32 Å². The number of unbranched alkanes of at least 4 members (excludes halogenated alkanes) is 3. The SMILES string of the molecule is CNCCCCCCc1ccc(C(C)C)cc1C(C)C. The van der Waals surface area contributed by atoms with Crippen LogP contribution in [0.1, 0.15) is 81.9 Å². The number of hydrogen-bond donors (Lipinski definition) is 1. The average molecular weight is 275 g/mol. The zero-order valence-electron chi connectivity index (χ0n) is 14.1. The fraction of sp³-hybridized carbons (Fsp3) is 0.684. The minimum Gasteiger partial charge on any atom is -0.320 e. The van der Waals surface area contributed by atoms with E-state index in [1.165, 1.54) is 37.7 Å². The monoisotopic (exact) mass is 275 g/mol. The summed E-state index contributed by atoms with van der Waals surface area (Å²) in [6, 6.07) is 7.14. The predicted octanol–water partition coefficient (Wildman–Crippen LogP) is 5.26. The van der Waals surface area contributed by atoms with E-state index in [0.29, 0.717) is 11.8 Å². The third-order valence-electron chi connectivity index (χ3n) is 4.08. The lowest BCUT2D eigenvalue weighted by Crippen LogP contribution is -2.07. The Bertz CT molecular complexity index is 379. The van der Waals surface area contributed by atoms with Gasteiger partial charge in [0.2, 0.25) is 0 Å². The van der Waals surface area contributed by atoms with E-state index in [4.69, 9.17) is 0 Å². The molecule has 20 heavy (non-hydrogen) atoms. The van der Waals surface area contributed by atoms with Gasteiger partial charge in [0, 0.05) is 0 Å². The van der Waals surface area contributed by atoms with E-state index >= 15 is 0 Å². The molecule has 0 bridgehead atoms. The van der Waals surface area contributed by atoms with Crippen LogP contribution in [0.4, 0.5) is 0 Å². The Morgan fingerprint density at radius 2 is 1.60 bits per heavy atom. The molecular weight excluding hydrogens is 242 g/mol. The summed E-state index contributed by atoms with van der Waals surface area (Å²) in [7, 11) is 2.03. The summed E-state index contributed by atoms with van der Waals surface area (Å²) in [4.78, 5) is 0. The summed E-state index contributed by atoms with van der Waals surface area (Å²) in [5.41, 5.74) is 4.61. The second-order valence-corrected chi connectivity index (χ2v) is 6.54. The third kappa shape index (κ3) is 5.66. The fourth-order valence-corrected chi connectivity index (χ4v) is 2.71. The molecule has 0 fully saturated rings. The molecule has 0 aromatic heterocycles. The second kappa shape index (κ2) is 9.18. The van der Waals surface area contributed by atoms with Gasteiger partial charge in [0.25, 0.3) is 0 Å². The molecule has 1 rings (SSSR count). The van der Waals surface area contributed by atoms with Crippen LogP contribution in [0.15, 0.2) is 18.2 Å². The first-order valence-corrected chi connectivity index (χ1v) is 8.33. The van der Waals surface area contributed by atoms with Crippen molar-refractivity contribution in [3.8, 4) is 0 Å². The smallest absolute Gasteiger partial charge is 0.00519 e. The Morgan fingerprint density at radius 3 is 2.20 bits per heavy atom.